The van der Waals surface area contributed by atoms with Crippen LogP contribution in [0.5, 0.6) is 0 Å². The van der Waals surface area contributed by atoms with Gasteiger partial charge in [-0.3, -0.25) is 0 Å². The van der Waals surface area contributed by atoms with Crippen LogP contribution in [0.4, 0.5) is 13.2 Å². The molecule has 6 heteroatoms. The van der Waals surface area contributed by atoms with E-state index in [1.807, 2.05) is 0 Å². The average Bonchev–Trinajstić information content (AvgIpc) is 2.15. The van der Waals surface area contributed by atoms with Gasteiger partial charge in [0.2, 0.25) is 0 Å². The molecule has 0 aliphatic carbocycles. The van der Waals surface area contributed by atoms with E-state index in [-0.39, 0.29) is 16.7 Å². The maximum absolute atomic E-state index is 12.0. The van der Waals surface area contributed by atoms with E-state index in [2.05, 4.69) is 0 Å². The highest BCUT2D eigenvalue weighted by Gasteiger charge is 2.29. The van der Waals surface area contributed by atoms with Crippen LogP contribution < -0.4 is 5.73 Å². The number of benzene rings is 1. The van der Waals surface area contributed by atoms with Crippen molar-refractivity contribution in [3.8, 4) is 0 Å². The number of thioether (sulfide) groups is 1. The van der Waals surface area contributed by atoms with E-state index >= 15 is 0 Å². The summed E-state index contributed by atoms with van der Waals surface area (Å²) in [5.41, 5.74) is 1.96. The molecule has 0 aliphatic heterocycles. The molecule has 0 amide bonds. The molecule has 16 heavy (non-hydrogen) atoms. The Labute approximate surface area is 95.6 Å². The summed E-state index contributed by atoms with van der Waals surface area (Å²) in [7, 11) is 0. The standard InChI is InChI=1S/C10H12F3NOS/c1-6(15)9(14)7-2-4-8(5-3-7)16-10(11,12)13/h2-6,9,15H,14H2,1H3/t6?,9-/m1/s1. The second-order valence-corrected chi connectivity index (χ2v) is 4.52. The third-order valence-corrected chi connectivity index (χ3v) is 2.76. The van der Waals surface area contributed by atoms with Crippen LogP contribution in [0.2, 0.25) is 0 Å². The lowest BCUT2D eigenvalue weighted by atomic mass is 10.0. The Balaban J connectivity index is 2.76. The number of nitrogens with two attached hydrogens (primary N) is 1. The third kappa shape index (κ3) is 4.03. The summed E-state index contributed by atoms with van der Waals surface area (Å²) in [6.07, 6.45) is -0.735. The number of rotatable bonds is 3. The van der Waals surface area contributed by atoms with Crippen molar-refractivity contribution in [3.63, 3.8) is 0 Å². The van der Waals surface area contributed by atoms with Crippen LogP contribution in [0.15, 0.2) is 29.2 Å². The Hall–Kier alpha value is -0.720. The van der Waals surface area contributed by atoms with Gasteiger partial charge in [-0.15, -0.1) is 0 Å². The fourth-order valence-corrected chi connectivity index (χ4v) is 1.71. The molecule has 1 aromatic rings. The molecule has 0 bridgehead atoms. The zero-order chi connectivity index (χ0) is 12.3. The van der Waals surface area contributed by atoms with Crippen molar-refractivity contribution in [3.05, 3.63) is 29.8 Å². The SMILES string of the molecule is CC(O)[C@@H](N)c1ccc(SC(F)(F)F)cc1. The van der Waals surface area contributed by atoms with Gasteiger partial charge in [0.25, 0.3) is 0 Å². The van der Waals surface area contributed by atoms with Gasteiger partial charge in [-0.2, -0.15) is 13.2 Å². The molecule has 0 saturated carbocycles. The maximum Gasteiger partial charge on any atom is 0.446 e. The number of halogens is 3. The van der Waals surface area contributed by atoms with E-state index in [0.717, 1.165) is 0 Å². The fourth-order valence-electron chi connectivity index (χ4n) is 1.17. The summed E-state index contributed by atoms with van der Waals surface area (Å²) in [4.78, 5) is 0.106. The van der Waals surface area contributed by atoms with Crippen LogP contribution in [-0.2, 0) is 0 Å². The van der Waals surface area contributed by atoms with Crippen LogP contribution >= 0.6 is 11.8 Å². The average molecular weight is 251 g/mol. The van der Waals surface area contributed by atoms with Gasteiger partial charge in [0.15, 0.2) is 0 Å². The molecule has 1 unspecified atom stereocenters. The lowest BCUT2D eigenvalue weighted by Crippen LogP contribution is -2.22. The number of aliphatic hydroxyl groups is 1. The van der Waals surface area contributed by atoms with Crippen LogP contribution in [0.1, 0.15) is 18.5 Å². The zero-order valence-electron chi connectivity index (χ0n) is 8.53. The topological polar surface area (TPSA) is 46.2 Å². The number of hydrogen-bond acceptors (Lipinski definition) is 3. The summed E-state index contributed by atoms with van der Waals surface area (Å²) in [5, 5.41) is 9.22. The molecule has 90 valence electrons. The highest BCUT2D eigenvalue weighted by atomic mass is 32.2. The van der Waals surface area contributed by atoms with Crippen molar-refractivity contribution in [2.24, 2.45) is 5.73 Å². The second-order valence-electron chi connectivity index (χ2n) is 3.38. The van der Waals surface area contributed by atoms with E-state index in [0.29, 0.717) is 5.56 Å². The predicted molar refractivity (Wildman–Crippen MR) is 57.0 cm³/mol. The molecule has 0 aromatic heterocycles. The van der Waals surface area contributed by atoms with Gasteiger partial charge in [0.05, 0.1) is 12.1 Å². The molecule has 0 saturated heterocycles. The first-order valence-electron chi connectivity index (χ1n) is 4.59. The Morgan fingerprint density at radius 2 is 1.75 bits per heavy atom. The molecule has 3 N–H and O–H groups in total. The number of aliphatic hydroxyl groups excluding tert-OH is 1. The van der Waals surface area contributed by atoms with Crippen molar-refractivity contribution in [1.29, 1.82) is 0 Å². The van der Waals surface area contributed by atoms with Crippen molar-refractivity contribution < 1.29 is 18.3 Å². The van der Waals surface area contributed by atoms with E-state index in [9.17, 15) is 18.3 Å². The molecule has 1 rings (SSSR count). The van der Waals surface area contributed by atoms with Crippen LogP contribution in [-0.4, -0.2) is 16.7 Å². The summed E-state index contributed by atoms with van der Waals surface area (Å²) >= 11 is -0.174. The Morgan fingerprint density at radius 1 is 1.25 bits per heavy atom. The Bertz CT molecular complexity index is 337. The van der Waals surface area contributed by atoms with Gasteiger partial charge in [0.1, 0.15) is 0 Å². The smallest absolute Gasteiger partial charge is 0.391 e. The first kappa shape index (κ1) is 13.3. The minimum atomic E-state index is -4.28. The second kappa shape index (κ2) is 5.07. The first-order valence-corrected chi connectivity index (χ1v) is 5.40. The summed E-state index contributed by atoms with van der Waals surface area (Å²) in [6.45, 7) is 1.53. The van der Waals surface area contributed by atoms with E-state index in [4.69, 9.17) is 5.73 Å². The number of alkyl halides is 3. The molecule has 0 heterocycles. The van der Waals surface area contributed by atoms with Crippen molar-refractivity contribution >= 4 is 11.8 Å². The maximum atomic E-state index is 12.0. The highest BCUT2D eigenvalue weighted by Crippen LogP contribution is 2.36. The van der Waals surface area contributed by atoms with Gasteiger partial charge < -0.3 is 10.8 Å². The number of hydrogen-bond donors (Lipinski definition) is 2. The lowest BCUT2D eigenvalue weighted by Gasteiger charge is -2.15. The molecular weight excluding hydrogens is 239 g/mol. The predicted octanol–water partition coefficient (Wildman–Crippen LogP) is 2.68. The van der Waals surface area contributed by atoms with E-state index < -0.39 is 17.7 Å². The third-order valence-electron chi connectivity index (χ3n) is 2.02. The minimum absolute atomic E-state index is 0.106. The van der Waals surface area contributed by atoms with Gasteiger partial charge in [-0.1, -0.05) is 12.1 Å². The highest BCUT2D eigenvalue weighted by molar-refractivity contribution is 8.00. The quantitative estimate of drug-likeness (QED) is 0.812. The first-order chi connectivity index (χ1) is 7.29. The molecule has 0 spiro atoms. The Kier molecular flexibility index (Phi) is 4.23. The van der Waals surface area contributed by atoms with Gasteiger partial charge in [-0.25, -0.2) is 0 Å². The molecule has 2 atom stereocenters. The minimum Gasteiger partial charge on any atom is -0.391 e. The molecule has 0 fully saturated rings. The van der Waals surface area contributed by atoms with Gasteiger partial charge in [-0.05, 0) is 36.4 Å². The van der Waals surface area contributed by atoms with Gasteiger partial charge >= 0.3 is 5.51 Å². The van der Waals surface area contributed by atoms with Crippen molar-refractivity contribution in [2.45, 2.75) is 29.5 Å². The zero-order valence-corrected chi connectivity index (χ0v) is 9.35. The van der Waals surface area contributed by atoms with Crippen LogP contribution in [0.25, 0.3) is 0 Å². The molecule has 1 aromatic carbocycles. The normalized spacial score (nSPS) is 15.9. The van der Waals surface area contributed by atoms with Gasteiger partial charge in [0, 0.05) is 4.90 Å². The summed E-state index contributed by atoms with van der Waals surface area (Å²) in [5.74, 6) is 0. The Morgan fingerprint density at radius 3 is 2.12 bits per heavy atom. The van der Waals surface area contributed by atoms with E-state index in [1.165, 1.54) is 31.2 Å². The molecule has 0 radical (unpaired) electrons. The fraction of sp³-hybridized carbons (Fsp3) is 0.400. The van der Waals surface area contributed by atoms with Crippen LogP contribution in [0, 0.1) is 0 Å². The largest absolute Gasteiger partial charge is 0.446 e. The summed E-state index contributed by atoms with van der Waals surface area (Å²) < 4.78 is 36.1. The van der Waals surface area contributed by atoms with Crippen LogP contribution in [0.3, 0.4) is 0 Å². The molecular formula is C10H12F3NOS. The molecule has 2 nitrogen and oxygen atoms in total. The molecule has 0 aliphatic rings. The van der Waals surface area contributed by atoms with Crippen molar-refractivity contribution in [2.75, 3.05) is 0 Å². The summed E-state index contributed by atoms with van der Waals surface area (Å²) in [6, 6.07) is 5.09. The van der Waals surface area contributed by atoms with Crippen molar-refractivity contribution in [1.82, 2.24) is 0 Å². The van der Waals surface area contributed by atoms with E-state index in [1.54, 1.807) is 0 Å². The monoisotopic (exact) mass is 251 g/mol. The lowest BCUT2D eigenvalue weighted by molar-refractivity contribution is -0.0328.